The average Bonchev–Trinajstić information content (AvgIpc) is 2.84. The van der Waals surface area contributed by atoms with E-state index in [0.29, 0.717) is 20.9 Å². The lowest BCUT2D eigenvalue weighted by atomic mass is 9.82. The molecule has 1 aliphatic carbocycles. The van der Waals surface area contributed by atoms with Crippen LogP contribution in [0.2, 0.25) is 0 Å². The molecule has 0 aromatic heterocycles. The molecule has 0 radical (unpaired) electrons. The van der Waals surface area contributed by atoms with Crippen molar-refractivity contribution in [2.24, 2.45) is 0 Å². The van der Waals surface area contributed by atoms with E-state index in [1.165, 1.54) is 23.5 Å². The fraction of sp³-hybridized carbons (Fsp3) is 0. The Morgan fingerprint density at radius 2 is 0.912 bits per heavy atom. The number of nitrogen functional groups attached to an aromatic ring is 2. The van der Waals surface area contributed by atoms with Crippen molar-refractivity contribution in [3.63, 3.8) is 0 Å². The molecular formula is C26H16Br2N2O2S2. The van der Waals surface area contributed by atoms with Gasteiger partial charge in [0.25, 0.3) is 0 Å². The molecule has 4 aromatic carbocycles. The summed E-state index contributed by atoms with van der Waals surface area (Å²) in [6.07, 6.45) is 0. The Bertz CT molecular complexity index is 1360. The van der Waals surface area contributed by atoms with Crippen LogP contribution in [0.4, 0.5) is 11.4 Å². The largest absolute Gasteiger partial charge is 0.397 e. The van der Waals surface area contributed by atoms with Crippen LogP contribution in [-0.2, 0) is 0 Å². The maximum absolute atomic E-state index is 13.5. The van der Waals surface area contributed by atoms with Crippen molar-refractivity contribution in [2.75, 3.05) is 11.5 Å². The summed E-state index contributed by atoms with van der Waals surface area (Å²) >= 11 is 9.76. The highest BCUT2D eigenvalue weighted by Gasteiger charge is 2.36. The van der Waals surface area contributed by atoms with E-state index in [0.717, 1.165) is 18.7 Å². The second kappa shape index (κ2) is 9.26. The molecule has 34 heavy (non-hydrogen) atoms. The molecule has 4 nitrogen and oxygen atoms in total. The van der Waals surface area contributed by atoms with E-state index < -0.39 is 0 Å². The molecule has 0 spiro atoms. The Balaban J connectivity index is 1.74. The number of hydrogen-bond acceptors (Lipinski definition) is 6. The van der Waals surface area contributed by atoms with E-state index in [9.17, 15) is 9.59 Å². The van der Waals surface area contributed by atoms with Gasteiger partial charge in [-0.1, -0.05) is 79.6 Å². The molecule has 0 saturated carbocycles. The minimum absolute atomic E-state index is 0.181. The Morgan fingerprint density at radius 1 is 0.559 bits per heavy atom. The molecule has 4 N–H and O–H groups in total. The van der Waals surface area contributed by atoms with Crippen LogP contribution in [0.15, 0.2) is 101 Å². The lowest BCUT2D eigenvalue weighted by molar-refractivity contribution is 0.0980. The van der Waals surface area contributed by atoms with Gasteiger partial charge in [-0.25, -0.2) is 0 Å². The van der Waals surface area contributed by atoms with E-state index in [4.69, 9.17) is 11.5 Å². The van der Waals surface area contributed by atoms with Crippen molar-refractivity contribution in [1.29, 1.82) is 0 Å². The molecule has 4 aromatic rings. The van der Waals surface area contributed by atoms with E-state index >= 15 is 0 Å². The zero-order valence-electron chi connectivity index (χ0n) is 17.5. The predicted molar refractivity (Wildman–Crippen MR) is 145 cm³/mol. The molecule has 1 aliphatic rings. The lowest BCUT2D eigenvalue weighted by Gasteiger charge is -2.25. The van der Waals surface area contributed by atoms with Crippen molar-refractivity contribution in [2.45, 2.75) is 19.6 Å². The van der Waals surface area contributed by atoms with Crippen LogP contribution in [0.5, 0.6) is 0 Å². The van der Waals surface area contributed by atoms with E-state index in [1.54, 1.807) is 24.3 Å². The van der Waals surface area contributed by atoms with E-state index in [-0.39, 0.29) is 34.1 Å². The maximum atomic E-state index is 13.5. The number of carbonyl (C=O) groups excluding carboxylic acids is 2. The minimum atomic E-state index is -0.285. The first-order valence-corrected chi connectivity index (χ1v) is 13.4. The van der Waals surface area contributed by atoms with Gasteiger partial charge < -0.3 is 11.5 Å². The van der Waals surface area contributed by atoms with Crippen LogP contribution < -0.4 is 11.5 Å². The summed E-state index contributed by atoms with van der Waals surface area (Å²) in [6.45, 7) is 0. The molecule has 8 heteroatoms. The first-order valence-electron chi connectivity index (χ1n) is 10.2. The third-order valence-corrected chi connectivity index (χ3v) is 8.88. The molecule has 0 fully saturated rings. The Hall–Kier alpha value is -2.52. The van der Waals surface area contributed by atoms with Gasteiger partial charge in [0.05, 0.1) is 32.3 Å². The van der Waals surface area contributed by atoms with Gasteiger partial charge in [0.15, 0.2) is 11.6 Å². The van der Waals surface area contributed by atoms with Crippen molar-refractivity contribution in [3.8, 4) is 0 Å². The smallest absolute Gasteiger partial charge is 0.196 e. The Morgan fingerprint density at radius 3 is 1.26 bits per heavy atom. The summed E-state index contributed by atoms with van der Waals surface area (Å²) in [5.74, 6) is -0.570. The summed E-state index contributed by atoms with van der Waals surface area (Å²) in [6, 6.07) is 22.4. The van der Waals surface area contributed by atoms with Gasteiger partial charge in [0.1, 0.15) is 0 Å². The number of ketones is 2. The number of nitrogens with two attached hydrogens (primary N) is 2. The topological polar surface area (TPSA) is 86.2 Å². The number of hydrogen-bond donors (Lipinski definition) is 2. The number of halogens is 2. The molecule has 0 heterocycles. The van der Waals surface area contributed by atoms with Crippen LogP contribution >= 0.6 is 55.4 Å². The highest BCUT2D eigenvalue weighted by Crippen LogP contribution is 2.50. The Labute approximate surface area is 221 Å². The average molecular weight is 612 g/mol. The second-order valence-corrected chi connectivity index (χ2v) is 11.6. The number of carbonyl (C=O) groups is 2. The van der Waals surface area contributed by atoms with Gasteiger partial charge >= 0.3 is 0 Å². The van der Waals surface area contributed by atoms with Crippen molar-refractivity contribution in [1.82, 2.24) is 0 Å². The summed E-state index contributed by atoms with van der Waals surface area (Å²) in [4.78, 5) is 30.1. The van der Waals surface area contributed by atoms with Gasteiger partial charge in [-0.15, -0.1) is 0 Å². The minimum Gasteiger partial charge on any atom is -0.397 e. The quantitative estimate of drug-likeness (QED) is 0.205. The lowest BCUT2D eigenvalue weighted by Crippen LogP contribution is -2.24. The molecule has 0 atom stereocenters. The summed E-state index contributed by atoms with van der Waals surface area (Å²) in [5, 5.41) is 0. The van der Waals surface area contributed by atoms with Crippen LogP contribution in [-0.4, -0.2) is 11.6 Å². The summed E-state index contributed by atoms with van der Waals surface area (Å²) in [7, 11) is 0. The normalized spacial score (nSPS) is 12.4. The monoisotopic (exact) mass is 610 g/mol. The molecule has 0 aliphatic heterocycles. The van der Waals surface area contributed by atoms with Gasteiger partial charge in [-0.2, -0.15) is 0 Å². The molecule has 0 amide bonds. The maximum Gasteiger partial charge on any atom is 0.196 e. The van der Waals surface area contributed by atoms with Gasteiger partial charge in [0.2, 0.25) is 0 Å². The number of fused-ring (bicyclic) bond motifs is 2. The molecule has 0 unspecified atom stereocenters. The zero-order valence-corrected chi connectivity index (χ0v) is 22.3. The number of benzene rings is 4. The fourth-order valence-electron chi connectivity index (χ4n) is 3.80. The van der Waals surface area contributed by atoms with E-state index in [1.807, 2.05) is 48.5 Å². The van der Waals surface area contributed by atoms with Gasteiger partial charge in [0, 0.05) is 29.9 Å². The molecule has 5 rings (SSSR count). The van der Waals surface area contributed by atoms with Crippen molar-refractivity contribution < 1.29 is 9.59 Å². The van der Waals surface area contributed by atoms with Crippen LogP contribution in [0, 0.1) is 0 Å². The third-order valence-electron chi connectivity index (χ3n) is 5.42. The summed E-state index contributed by atoms with van der Waals surface area (Å²) in [5.41, 5.74) is 14.9. The second-order valence-electron chi connectivity index (χ2n) is 7.55. The molecule has 168 valence electrons. The van der Waals surface area contributed by atoms with Crippen molar-refractivity contribution in [3.05, 3.63) is 104 Å². The third kappa shape index (κ3) is 4.09. The van der Waals surface area contributed by atoms with Crippen LogP contribution in [0.1, 0.15) is 31.8 Å². The zero-order chi connectivity index (χ0) is 24.0. The Kier molecular flexibility index (Phi) is 6.33. The number of anilines is 2. The SMILES string of the molecule is Nc1c(Sc2ccc(Br)cc2)c(Sc2ccc(Br)cc2)c(N)c2c1C(=O)c1ccccc1C2=O. The first-order chi connectivity index (χ1) is 16.3. The highest BCUT2D eigenvalue weighted by atomic mass is 79.9. The molecule has 0 bridgehead atoms. The molecule has 0 saturated heterocycles. The fourth-order valence-corrected chi connectivity index (χ4v) is 6.43. The molecular weight excluding hydrogens is 596 g/mol. The van der Waals surface area contributed by atoms with Crippen LogP contribution in [0.3, 0.4) is 0 Å². The van der Waals surface area contributed by atoms with Gasteiger partial charge in [-0.05, 0) is 48.5 Å². The van der Waals surface area contributed by atoms with Crippen molar-refractivity contribution >= 4 is 78.3 Å². The highest BCUT2D eigenvalue weighted by molar-refractivity contribution is 9.10. The summed E-state index contributed by atoms with van der Waals surface area (Å²) < 4.78 is 1.91. The standard InChI is InChI=1S/C26H16Br2N2O2S2/c27-13-5-9-15(10-6-13)33-25-21(29)19-20(24(32)18-4-2-1-3-17(18)23(19)31)22(30)26(25)34-16-11-7-14(28)8-12-16/h1-12H,29-30H2. The number of rotatable bonds is 4. The van der Waals surface area contributed by atoms with E-state index in [2.05, 4.69) is 31.9 Å². The predicted octanol–water partition coefficient (Wildman–Crippen LogP) is 7.45. The van der Waals surface area contributed by atoms with Crippen LogP contribution in [0.25, 0.3) is 0 Å². The van der Waals surface area contributed by atoms with Gasteiger partial charge in [-0.3, -0.25) is 9.59 Å². The first kappa shape index (κ1) is 23.2.